The molecule has 2 aromatic rings. The minimum absolute atomic E-state index is 0.00810. The maximum atomic E-state index is 14.3. The van der Waals surface area contributed by atoms with Crippen LogP contribution >= 0.6 is 11.6 Å². The summed E-state index contributed by atoms with van der Waals surface area (Å²) in [7, 11) is 0. The molecule has 0 radical (unpaired) electrons. The number of hydrogen-bond donors (Lipinski definition) is 2. The number of benzene rings is 2. The lowest BCUT2D eigenvalue weighted by Crippen LogP contribution is -2.43. The van der Waals surface area contributed by atoms with Gasteiger partial charge in [-0.05, 0) is 36.8 Å². The molecule has 1 aliphatic carbocycles. The fraction of sp³-hybridized carbons (Fsp3) is 0.263. The van der Waals surface area contributed by atoms with Gasteiger partial charge >= 0.3 is 0 Å². The summed E-state index contributed by atoms with van der Waals surface area (Å²) < 4.78 is 19.9. The van der Waals surface area contributed by atoms with Crippen LogP contribution in [-0.2, 0) is 10.3 Å². The van der Waals surface area contributed by atoms with Crippen molar-refractivity contribution in [1.29, 1.82) is 0 Å². The lowest BCUT2D eigenvalue weighted by Gasteiger charge is -2.32. The smallest absolute Gasteiger partial charge is 0.292 e. The standard InChI is InChI=1S/C19H17ClFN3O2/c20-15-7-6-12(22)8-13(15)19(10-21)14-9-16(14)26-18(24-19)23-17(25)11-4-2-1-3-5-11/h1-8,14,16H,9-10,22H2,(H,23,24,25)/t14-,16+,19+/m1/s1. The molecule has 1 aliphatic heterocycles. The molecule has 1 heterocycles. The number of nitrogen functional groups attached to an aromatic ring is 1. The van der Waals surface area contributed by atoms with Crippen molar-refractivity contribution in [2.24, 2.45) is 10.9 Å². The number of rotatable bonds is 3. The number of amides is 1. The van der Waals surface area contributed by atoms with E-state index in [4.69, 9.17) is 22.1 Å². The molecule has 1 amide bonds. The average molecular weight is 374 g/mol. The molecule has 0 unspecified atom stereocenters. The summed E-state index contributed by atoms with van der Waals surface area (Å²) in [5.41, 5.74) is 6.13. The Hall–Kier alpha value is -2.60. The molecule has 2 aliphatic rings. The molecule has 26 heavy (non-hydrogen) atoms. The molecule has 3 atom stereocenters. The number of nitrogens with two attached hydrogens (primary N) is 1. The van der Waals surface area contributed by atoms with Gasteiger partial charge in [0.05, 0.1) is 0 Å². The highest BCUT2D eigenvalue weighted by Gasteiger charge is 2.60. The first kappa shape index (κ1) is 16.8. The van der Waals surface area contributed by atoms with Gasteiger partial charge < -0.3 is 10.5 Å². The number of nitrogens with one attached hydrogen (secondary N) is 1. The molecule has 3 N–H and O–H groups in total. The number of anilines is 1. The third-order valence-corrected chi connectivity index (χ3v) is 5.16. The van der Waals surface area contributed by atoms with Crippen molar-refractivity contribution in [2.75, 3.05) is 12.4 Å². The van der Waals surface area contributed by atoms with Crippen LogP contribution in [0.5, 0.6) is 0 Å². The van der Waals surface area contributed by atoms with E-state index in [0.29, 0.717) is 28.3 Å². The molecular weight excluding hydrogens is 357 g/mol. The normalized spacial score (nSPS) is 26.3. The molecule has 0 aromatic heterocycles. The monoisotopic (exact) mass is 373 g/mol. The second-order valence-corrected chi connectivity index (χ2v) is 6.94. The number of halogens is 2. The van der Waals surface area contributed by atoms with Crippen LogP contribution in [0, 0.1) is 5.92 Å². The SMILES string of the molecule is Nc1ccc(Cl)c([C@]2(CF)N=C(NC(=O)c3ccccc3)O[C@H]3C[C@H]32)c1. The van der Waals surface area contributed by atoms with Crippen LogP contribution in [0.2, 0.25) is 5.02 Å². The van der Waals surface area contributed by atoms with Crippen molar-refractivity contribution in [3.63, 3.8) is 0 Å². The largest absolute Gasteiger partial charge is 0.461 e. The molecule has 5 nitrogen and oxygen atoms in total. The first-order valence-corrected chi connectivity index (χ1v) is 8.65. The fourth-order valence-corrected chi connectivity index (χ4v) is 3.67. The maximum Gasteiger partial charge on any atom is 0.292 e. The van der Waals surface area contributed by atoms with Gasteiger partial charge in [-0.15, -0.1) is 0 Å². The van der Waals surface area contributed by atoms with E-state index >= 15 is 0 Å². The Balaban J connectivity index is 1.70. The number of carbonyl (C=O) groups excluding carboxylic acids is 1. The molecule has 0 spiro atoms. The van der Waals surface area contributed by atoms with E-state index in [2.05, 4.69) is 10.3 Å². The van der Waals surface area contributed by atoms with Crippen LogP contribution in [0.25, 0.3) is 0 Å². The number of ether oxygens (including phenoxy) is 1. The Morgan fingerprint density at radius 1 is 1.35 bits per heavy atom. The van der Waals surface area contributed by atoms with Crippen molar-refractivity contribution in [3.05, 3.63) is 64.7 Å². The highest BCUT2D eigenvalue weighted by Crippen LogP contribution is 2.54. The van der Waals surface area contributed by atoms with Gasteiger partial charge in [0, 0.05) is 27.8 Å². The van der Waals surface area contributed by atoms with Crippen LogP contribution < -0.4 is 11.1 Å². The zero-order chi connectivity index (χ0) is 18.3. The number of fused-ring (bicyclic) bond motifs is 1. The number of nitrogens with zero attached hydrogens (tertiary/aromatic N) is 1. The fourth-order valence-electron chi connectivity index (χ4n) is 3.39. The van der Waals surface area contributed by atoms with Crippen molar-refractivity contribution >= 4 is 29.2 Å². The van der Waals surface area contributed by atoms with E-state index < -0.39 is 12.2 Å². The van der Waals surface area contributed by atoms with Gasteiger partial charge in [0.15, 0.2) is 0 Å². The predicted molar refractivity (Wildman–Crippen MR) is 97.8 cm³/mol. The topological polar surface area (TPSA) is 76.7 Å². The lowest BCUT2D eigenvalue weighted by molar-refractivity contribution is 0.0951. The molecule has 134 valence electrons. The van der Waals surface area contributed by atoms with Gasteiger partial charge in [-0.3, -0.25) is 10.1 Å². The third-order valence-electron chi connectivity index (χ3n) is 4.83. The number of carbonyl (C=O) groups is 1. The van der Waals surface area contributed by atoms with E-state index in [-0.39, 0.29) is 24.0 Å². The maximum absolute atomic E-state index is 14.3. The quantitative estimate of drug-likeness (QED) is 0.810. The van der Waals surface area contributed by atoms with E-state index in [9.17, 15) is 9.18 Å². The minimum Gasteiger partial charge on any atom is -0.461 e. The second kappa shape index (κ2) is 6.29. The van der Waals surface area contributed by atoms with Crippen LogP contribution in [0.3, 0.4) is 0 Å². The van der Waals surface area contributed by atoms with Crippen molar-refractivity contribution < 1.29 is 13.9 Å². The molecule has 1 saturated carbocycles. The summed E-state index contributed by atoms with van der Waals surface area (Å²) in [5.74, 6) is -0.501. The second-order valence-electron chi connectivity index (χ2n) is 6.53. The average Bonchev–Trinajstić information content (AvgIpc) is 3.44. The van der Waals surface area contributed by atoms with Gasteiger partial charge in [-0.25, -0.2) is 9.38 Å². The molecule has 2 aromatic carbocycles. The first-order chi connectivity index (χ1) is 12.5. The lowest BCUT2D eigenvalue weighted by atomic mass is 9.85. The van der Waals surface area contributed by atoms with Crippen LogP contribution in [0.1, 0.15) is 22.3 Å². The summed E-state index contributed by atoms with van der Waals surface area (Å²) in [5, 5.41) is 3.02. The Morgan fingerprint density at radius 2 is 2.12 bits per heavy atom. The van der Waals surface area contributed by atoms with Crippen molar-refractivity contribution in [3.8, 4) is 0 Å². The highest BCUT2D eigenvalue weighted by atomic mass is 35.5. The molecular formula is C19H17ClFN3O2. The number of amidine groups is 1. The van der Waals surface area contributed by atoms with Crippen LogP contribution in [0.15, 0.2) is 53.5 Å². The highest BCUT2D eigenvalue weighted by molar-refractivity contribution is 6.31. The summed E-state index contributed by atoms with van der Waals surface area (Å²) in [4.78, 5) is 16.8. The minimum atomic E-state index is -1.20. The van der Waals surface area contributed by atoms with E-state index in [1.165, 1.54) is 0 Å². The van der Waals surface area contributed by atoms with Gasteiger partial charge in [-0.1, -0.05) is 29.8 Å². The van der Waals surface area contributed by atoms with Crippen molar-refractivity contribution in [1.82, 2.24) is 5.32 Å². The van der Waals surface area contributed by atoms with Gasteiger partial charge in [0.1, 0.15) is 18.3 Å². The van der Waals surface area contributed by atoms with E-state index in [1.54, 1.807) is 42.5 Å². The number of hydrogen-bond acceptors (Lipinski definition) is 4. The first-order valence-electron chi connectivity index (χ1n) is 8.28. The van der Waals surface area contributed by atoms with Crippen LogP contribution in [-0.4, -0.2) is 24.7 Å². The van der Waals surface area contributed by atoms with E-state index in [0.717, 1.165) is 0 Å². The predicted octanol–water partition coefficient (Wildman–Crippen LogP) is 3.29. The summed E-state index contributed by atoms with van der Waals surface area (Å²) in [6.45, 7) is -0.759. The molecule has 0 saturated heterocycles. The number of alkyl halides is 1. The third kappa shape index (κ3) is 2.80. The Morgan fingerprint density at radius 3 is 2.85 bits per heavy atom. The van der Waals surface area contributed by atoms with Crippen LogP contribution in [0.4, 0.5) is 10.1 Å². The zero-order valence-corrected chi connectivity index (χ0v) is 14.5. The van der Waals surface area contributed by atoms with Gasteiger partial charge in [0.25, 0.3) is 11.9 Å². The molecule has 1 fully saturated rings. The Bertz CT molecular complexity index is 890. The van der Waals surface area contributed by atoms with Gasteiger partial charge in [-0.2, -0.15) is 0 Å². The summed E-state index contributed by atoms with van der Waals surface area (Å²) in [6, 6.07) is 13.6. The summed E-state index contributed by atoms with van der Waals surface area (Å²) in [6.07, 6.45) is 0.440. The Kier molecular flexibility index (Phi) is 4.07. The zero-order valence-electron chi connectivity index (χ0n) is 13.8. The van der Waals surface area contributed by atoms with Gasteiger partial charge in [0.2, 0.25) is 0 Å². The molecule has 4 rings (SSSR count). The number of aliphatic imine (C=N–C) groups is 1. The summed E-state index contributed by atoms with van der Waals surface area (Å²) >= 11 is 6.31. The Labute approximate surface area is 155 Å². The van der Waals surface area contributed by atoms with E-state index in [1.807, 2.05) is 6.07 Å². The van der Waals surface area contributed by atoms with Crippen molar-refractivity contribution in [2.45, 2.75) is 18.1 Å². The molecule has 7 heteroatoms. The molecule has 0 bridgehead atoms.